The smallest absolute Gasteiger partial charge is 0.271 e. The van der Waals surface area contributed by atoms with Gasteiger partial charge in [0.25, 0.3) is 5.91 Å². The number of sulfone groups is 1. The van der Waals surface area contributed by atoms with Gasteiger partial charge >= 0.3 is 0 Å². The fourth-order valence-corrected chi connectivity index (χ4v) is 2.49. The largest absolute Gasteiger partial charge is 0.364 e. The molecular weight excluding hydrogens is 292 g/mol. The van der Waals surface area contributed by atoms with Crippen LogP contribution in [0.4, 0.5) is 0 Å². The number of hydrogen-bond donors (Lipinski definition) is 2. The SMILES string of the molecule is CS(=O)(=O)c1ccc(-c2n[nH]nc2C(N)=O)c(Cl)c1. The summed E-state index contributed by atoms with van der Waals surface area (Å²) in [5.74, 6) is -0.757. The summed E-state index contributed by atoms with van der Waals surface area (Å²) in [6.07, 6.45) is 1.07. The highest BCUT2D eigenvalue weighted by molar-refractivity contribution is 7.90. The minimum Gasteiger partial charge on any atom is -0.364 e. The van der Waals surface area contributed by atoms with Gasteiger partial charge in [-0.3, -0.25) is 4.79 Å². The molecule has 19 heavy (non-hydrogen) atoms. The standard InChI is InChI=1S/C10H9ClN4O3S/c1-19(17,18)5-2-3-6(7(11)4-5)8-9(10(12)16)14-15-13-8/h2-4H,1H3,(H2,12,16)(H,13,14,15). The predicted octanol–water partition coefficient (Wildman–Crippen LogP) is 0.628. The maximum atomic E-state index is 11.4. The second kappa shape index (κ2) is 4.63. The van der Waals surface area contributed by atoms with Gasteiger partial charge in [0, 0.05) is 11.8 Å². The van der Waals surface area contributed by atoms with Crippen molar-refractivity contribution in [2.45, 2.75) is 4.90 Å². The molecule has 0 aliphatic heterocycles. The monoisotopic (exact) mass is 300 g/mol. The van der Waals surface area contributed by atoms with Gasteiger partial charge in [0.15, 0.2) is 15.5 Å². The minimum absolute atomic E-state index is 0.0611. The molecule has 0 saturated carbocycles. The van der Waals surface area contributed by atoms with E-state index >= 15 is 0 Å². The number of nitrogens with zero attached hydrogens (tertiary/aromatic N) is 2. The van der Waals surface area contributed by atoms with Crippen LogP contribution in [-0.4, -0.2) is 36.0 Å². The molecule has 1 heterocycles. The quantitative estimate of drug-likeness (QED) is 0.861. The summed E-state index contributed by atoms with van der Waals surface area (Å²) in [4.78, 5) is 11.2. The Hall–Kier alpha value is -1.93. The molecule has 1 amide bonds. The van der Waals surface area contributed by atoms with Crippen LogP contribution in [0.3, 0.4) is 0 Å². The molecule has 2 aromatic rings. The molecule has 0 spiro atoms. The molecule has 100 valence electrons. The number of primary amides is 1. The highest BCUT2D eigenvalue weighted by Gasteiger charge is 2.19. The molecule has 0 fully saturated rings. The second-order valence-electron chi connectivity index (χ2n) is 3.80. The normalized spacial score (nSPS) is 11.5. The highest BCUT2D eigenvalue weighted by atomic mass is 35.5. The third-order valence-electron chi connectivity index (χ3n) is 2.41. The van der Waals surface area contributed by atoms with Crippen LogP contribution in [-0.2, 0) is 9.84 Å². The summed E-state index contributed by atoms with van der Waals surface area (Å²) in [7, 11) is -3.36. The summed E-state index contributed by atoms with van der Waals surface area (Å²) in [5, 5.41) is 9.82. The van der Waals surface area contributed by atoms with Gasteiger partial charge in [-0.25, -0.2) is 8.42 Å². The van der Waals surface area contributed by atoms with Crippen molar-refractivity contribution in [3.05, 3.63) is 28.9 Å². The number of carbonyl (C=O) groups is 1. The average molecular weight is 301 g/mol. The maximum Gasteiger partial charge on any atom is 0.271 e. The second-order valence-corrected chi connectivity index (χ2v) is 6.22. The zero-order chi connectivity index (χ0) is 14.2. The Labute approximate surface area is 113 Å². The van der Waals surface area contributed by atoms with E-state index in [0.29, 0.717) is 5.56 Å². The molecule has 3 N–H and O–H groups in total. The van der Waals surface area contributed by atoms with Gasteiger partial charge < -0.3 is 5.73 Å². The molecule has 0 bridgehead atoms. The van der Waals surface area contributed by atoms with E-state index in [1.807, 2.05) is 0 Å². The van der Waals surface area contributed by atoms with Crippen molar-refractivity contribution in [1.29, 1.82) is 0 Å². The molecule has 2 rings (SSSR count). The first kappa shape index (κ1) is 13.5. The summed E-state index contributed by atoms with van der Waals surface area (Å²) in [5.41, 5.74) is 5.63. The molecule has 0 atom stereocenters. The van der Waals surface area contributed by atoms with Gasteiger partial charge in [-0.1, -0.05) is 11.6 Å². The molecule has 1 aromatic heterocycles. The van der Waals surface area contributed by atoms with Gasteiger partial charge in [-0.05, 0) is 18.2 Å². The molecule has 0 saturated heterocycles. The Bertz CT molecular complexity index is 754. The Morgan fingerprint density at radius 2 is 2.05 bits per heavy atom. The third kappa shape index (κ3) is 2.59. The van der Waals surface area contributed by atoms with Crippen molar-refractivity contribution in [3.8, 4) is 11.3 Å². The van der Waals surface area contributed by atoms with Crippen LogP contribution < -0.4 is 5.73 Å². The minimum atomic E-state index is -3.36. The van der Waals surface area contributed by atoms with E-state index in [4.69, 9.17) is 17.3 Å². The molecule has 9 heteroatoms. The van der Waals surface area contributed by atoms with E-state index in [1.54, 1.807) is 0 Å². The first-order valence-corrected chi connectivity index (χ1v) is 7.28. The van der Waals surface area contributed by atoms with Gasteiger partial charge in [-0.15, -0.1) is 0 Å². The van der Waals surface area contributed by atoms with E-state index in [1.165, 1.54) is 18.2 Å². The number of nitrogens with one attached hydrogen (secondary N) is 1. The van der Waals surface area contributed by atoms with Gasteiger partial charge in [0.1, 0.15) is 5.69 Å². The summed E-state index contributed by atoms with van der Waals surface area (Å²) >= 11 is 6.01. The van der Waals surface area contributed by atoms with Crippen molar-refractivity contribution in [1.82, 2.24) is 15.4 Å². The predicted molar refractivity (Wildman–Crippen MR) is 68.5 cm³/mol. The summed E-state index contributed by atoms with van der Waals surface area (Å²) in [6, 6.07) is 4.10. The number of halogens is 1. The van der Waals surface area contributed by atoms with E-state index in [9.17, 15) is 13.2 Å². The van der Waals surface area contributed by atoms with Crippen molar-refractivity contribution >= 4 is 27.3 Å². The fourth-order valence-electron chi connectivity index (χ4n) is 1.51. The van der Waals surface area contributed by atoms with Crippen molar-refractivity contribution in [3.63, 3.8) is 0 Å². The summed E-state index contributed by atoms with van der Waals surface area (Å²) < 4.78 is 22.8. The number of amides is 1. The lowest BCUT2D eigenvalue weighted by Crippen LogP contribution is -2.12. The van der Waals surface area contributed by atoms with Crippen LogP contribution in [0.2, 0.25) is 5.02 Å². The Balaban J connectivity index is 2.59. The number of hydrogen-bond acceptors (Lipinski definition) is 5. The molecular formula is C10H9ClN4O3S. The zero-order valence-corrected chi connectivity index (χ0v) is 11.3. The molecule has 0 unspecified atom stereocenters. The maximum absolute atomic E-state index is 11.4. The Kier molecular flexibility index (Phi) is 3.29. The van der Waals surface area contributed by atoms with Crippen molar-refractivity contribution < 1.29 is 13.2 Å². The van der Waals surface area contributed by atoms with Gasteiger partial charge in [-0.2, -0.15) is 15.4 Å². The topological polar surface area (TPSA) is 119 Å². The molecule has 0 aliphatic carbocycles. The van der Waals surface area contributed by atoms with Gasteiger partial charge in [0.2, 0.25) is 0 Å². The molecule has 1 aromatic carbocycles. The van der Waals surface area contributed by atoms with E-state index < -0.39 is 15.7 Å². The fraction of sp³-hybridized carbons (Fsp3) is 0.100. The van der Waals surface area contributed by atoms with Crippen molar-refractivity contribution in [2.24, 2.45) is 5.73 Å². The van der Waals surface area contributed by atoms with Gasteiger partial charge in [0.05, 0.1) is 9.92 Å². The van der Waals surface area contributed by atoms with E-state index in [0.717, 1.165) is 6.26 Å². The van der Waals surface area contributed by atoms with E-state index in [-0.39, 0.29) is 21.3 Å². The lowest BCUT2D eigenvalue weighted by molar-refractivity contribution is 0.0996. The van der Waals surface area contributed by atoms with Crippen LogP contribution in [0.1, 0.15) is 10.5 Å². The third-order valence-corrected chi connectivity index (χ3v) is 3.83. The lowest BCUT2D eigenvalue weighted by Gasteiger charge is -2.04. The van der Waals surface area contributed by atoms with Crippen LogP contribution in [0.5, 0.6) is 0 Å². The molecule has 7 nitrogen and oxygen atoms in total. The first-order valence-electron chi connectivity index (χ1n) is 5.01. The number of aromatic amines is 1. The highest BCUT2D eigenvalue weighted by Crippen LogP contribution is 2.30. The number of nitrogens with two attached hydrogens (primary N) is 1. The Morgan fingerprint density at radius 1 is 1.37 bits per heavy atom. The number of carbonyl (C=O) groups excluding carboxylic acids is 1. The molecule has 0 aliphatic rings. The number of benzene rings is 1. The number of aromatic nitrogens is 3. The van der Waals surface area contributed by atoms with Crippen LogP contribution >= 0.6 is 11.6 Å². The van der Waals surface area contributed by atoms with Crippen LogP contribution in [0.25, 0.3) is 11.3 Å². The number of H-pyrrole nitrogens is 1. The molecule has 0 radical (unpaired) electrons. The zero-order valence-electron chi connectivity index (χ0n) is 9.71. The van der Waals surface area contributed by atoms with Crippen LogP contribution in [0.15, 0.2) is 23.1 Å². The Morgan fingerprint density at radius 3 is 2.58 bits per heavy atom. The van der Waals surface area contributed by atoms with Crippen LogP contribution in [0, 0.1) is 0 Å². The van der Waals surface area contributed by atoms with E-state index in [2.05, 4.69) is 15.4 Å². The summed E-state index contributed by atoms with van der Waals surface area (Å²) in [6.45, 7) is 0. The average Bonchev–Trinajstić information content (AvgIpc) is 2.76. The number of rotatable bonds is 3. The first-order chi connectivity index (χ1) is 8.80. The lowest BCUT2D eigenvalue weighted by atomic mass is 10.1. The van der Waals surface area contributed by atoms with Crippen molar-refractivity contribution in [2.75, 3.05) is 6.26 Å².